The number of nitrogens with zero attached hydrogens (tertiary/aromatic N) is 1. The van der Waals surface area contributed by atoms with Crippen LogP contribution in [0.1, 0.15) is 30.4 Å². The molecule has 1 N–H and O–H groups in total. The van der Waals surface area contributed by atoms with E-state index in [0.717, 1.165) is 6.07 Å². The highest BCUT2D eigenvalue weighted by Gasteiger charge is 2.34. The molecule has 0 spiro atoms. The number of piperidine rings is 1. The molecule has 1 aromatic carbocycles. The average Bonchev–Trinajstić information content (AvgIpc) is 2.55. The minimum Gasteiger partial charge on any atom is -0.396 e. The van der Waals surface area contributed by atoms with Crippen molar-refractivity contribution in [1.82, 2.24) is 4.90 Å². The number of halogens is 3. The number of hydrogen-bond donors (Lipinski definition) is 1. The summed E-state index contributed by atoms with van der Waals surface area (Å²) in [7, 11) is 0. The van der Waals surface area contributed by atoms with Gasteiger partial charge in [0.1, 0.15) is 0 Å². The van der Waals surface area contributed by atoms with Crippen molar-refractivity contribution < 1.29 is 27.8 Å². The predicted molar refractivity (Wildman–Crippen MR) is 82.4 cm³/mol. The van der Waals surface area contributed by atoms with Gasteiger partial charge in [-0.15, -0.1) is 0 Å². The molecular formula is C17H22F3NO3. The van der Waals surface area contributed by atoms with E-state index >= 15 is 0 Å². The van der Waals surface area contributed by atoms with Gasteiger partial charge in [0.2, 0.25) is 5.91 Å². The van der Waals surface area contributed by atoms with E-state index in [1.54, 1.807) is 4.90 Å². The summed E-state index contributed by atoms with van der Waals surface area (Å²) in [5.41, 5.74) is -0.739. The molecule has 2 rings (SSSR count). The van der Waals surface area contributed by atoms with Gasteiger partial charge in [-0.05, 0) is 30.9 Å². The molecule has 7 heteroatoms. The largest absolute Gasteiger partial charge is 0.416 e. The second-order valence-corrected chi connectivity index (χ2v) is 5.86. The summed E-state index contributed by atoms with van der Waals surface area (Å²) in [6.07, 6.45) is -2.75. The first kappa shape index (κ1) is 18.7. The van der Waals surface area contributed by atoms with Crippen LogP contribution in [0.25, 0.3) is 0 Å². The fourth-order valence-electron chi connectivity index (χ4n) is 2.81. The number of aliphatic hydroxyl groups excluding tert-OH is 1. The monoisotopic (exact) mass is 345 g/mol. The normalized spacial score (nSPS) is 16.4. The quantitative estimate of drug-likeness (QED) is 0.807. The Balaban J connectivity index is 1.89. The zero-order valence-corrected chi connectivity index (χ0v) is 13.4. The van der Waals surface area contributed by atoms with Crippen molar-refractivity contribution in [2.45, 2.75) is 38.0 Å². The lowest BCUT2D eigenvalue weighted by atomic mass is 10.0. The van der Waals surface area contributed by atoms with Crippen molar-refractivity contribution >= 4 is 5.91 Å². The molecule has 0 unspecified atom stereocenters. The number of benzene rings is 1. The fraction of sp³-hybridized carbons (Fsp3) is 0.588. The van der Waals surface area contributed by atoms with Gasteiger partial charge in [0.25, 0.3) is 0 Å². The van der Waals surface area contributed by atoms with Crippen LogP contribution in [-0.4, -0.2) is 48.3 Å². The number of amides is 1. The molecule has 0 bridgehead atoms. The minimum absolute atomic E-state index is 0.0105. The number of carbonyl (C=O) groups excluding carboxylic acids is 1. The number of aliphatic hydroxyl groups is 1. The van der Waals surface area contributed by atoms with Crippen molar-refractivity contribution in [2.24, 2.45) is 0 Å². The Hall–Kier alpha value is -1.60. The van der Waals surface area contributed by atoms with Crippen LogP contribution in [0.5, 0.6) is 0 Å². The molecule has 1 amide bonds. The summed E-state index contributed by atoms with van der Waals surface area (Å²) in [6.45, 7) is 1.53. The Morgan fingerprint density at radius 3 is 2.54 bits per heavy atom. The van der Waals surface area contributed by atoms with E-state index in [2.05, 4.69) is 0 Å². The molecule has 24 heavy (non-hydrogen) atoms. The first-order valence-corrected chi connectivity index (χ1v) is 8.07. The van der Waals surface area contributed by atoms with Gasteiger partial charge in [-0.2, -0.15) is 13.2 Å². The molecule has 0 aromatic heterocycles. The third-order valence-electron chi connectivity index (χ3n) is 4.12. The van der Waals surface area contributed by atoms with Gasteiger partial charge >= 0.3 is 6.18 Å². The first-order chi connectivity index (χ1) is 11.4. The lowest BCUT2D eigenvalue weighted by Crippen LogP contribution is -2.41. The number of hydrogen-bond acceptors (Lipinski definition) is 3. The molecule has 1 heterocycles. The van der Waals surface area contributed by atoms with Crippen molar-refractivity contribution in [3.05, 3.63) is 35.4 Å². The highest BCUT2D eigenvalue weighted by molar-refractivity contribution is 5.79. The smallest absolute Gasteiger partial charge is 0.396 e. The molecule has 4 nitrogen and oxygen atoms in total. The van der Waals surface area contributed by atoms with Gasteiger partial charge in [-0.1, -0.05) is 18.2 Å². The zero-order valence-electron chi connectivity index (χ0n) is 13.4. The Kier molecular flexibility index (Phi) is 6.62. The van der Waals surface area contributed by atoms with E-state index in [4.69, 9.17) is 9.84 Å². The molecule has 134 valence electrons. The zero-order chi connectivity index (χ0) is 17.6. The molecule has 1 fully saturated rings. The minimum atomic E-state index is -4.45. The van der Waals surface area contributed by atoms with Gasteiger partial charge in [-0.25, -0.2) is 0 Å². The summed E-state index contributed by atoms with van der Waals surface area (Å²) in [4.78, 5) is 13.9. The number of likely N-dealkylation sites (tertiary alicyclic amines) is 1. The van der Waals surface area contributed by atoms with Gasteiger partial charge in [0, 0.05) is 26.3 Å². The molecule has 0 saturated carbocycles. The Morgan fingerprint density at radius 1 is 1.25 bits per heavy atom. The third-order valence-corrected chi connectivity index (χ3v) is 4.12. The summed E-state index contributed by atoms with van der Waals surface area (Å²) < 4.78 is 44.5. The van der Waals surface area contributed by atoms with Gasteiger partial charge < -0.3 is 14.7 Å². The molecule has 1 aromatic rings. The van der Waals surface area contributed by atoms with Crippen molar-refractivity contribution in [3.63, 3.8) is 0 Å². The second kappa shape index (κ2) is 8.48. The highest BCUT2D eigenvalue weighted by atomic mass is 19.4. The van der Waals surface area contributed by atoms with Crippen LogP contribution in [0.2, 0.25) is 0 Å². The SMILES string of the molecule is O=C(Cc1ccccc1C(F)(F)F)N1CCC(OCCCO)CC1. The highest BCUT2D eigenvalue weighted by Crippen LogP contribution is 2.32. The van der Waals surface area contributed by atoms with Crippen molar-refractivity contribution in [1.29, 1.82) is 0 Å². The maximum Gasteiger partial charge on any atom is 0.416 e. The molecule has 1 saturated heterocycles. The van der Waals surface area contributed by atoms with E-state index in [9.17, 15) is 18.0 Å². The molecule has 0 aliphatic carbocycles. The van der Waals surface area contributed by atoms with Crippen LogP contribution in [0.15, 0.2) is 24.3 Å². The maximum atomic E-state index is 13.0. The Morgan fingerprint density at radius 2 is 1.92 bits per heavy atom. The van der Waals surface area contributed by atoms with E-state index in [1.165, 1.54) is 18.2 Å². The fourth-order valence-corrected chi connectivity index (χ4v) is 2.81. The van der Waals surface area contributed by atoms with E-state index < -0.39 is 11.7 Å². The standard InChI is InChI=1S/C17H22F3NO3/c18-17(19,20)15-5-2-1-4-13(15)12-16(23)21-8-6-14(7-9-21)24-11-3-10-22/h1-2,4-5,14,22H,3,6-12H2. The lowest BCUT2D eigenvalue weighted by molar-refractivity contribution is -0.139. The summed E-state index contributed by atoms with van der Waals surface area (Å²) in [5.74, 6) is -0.291. The van der Waals surface area contributed by atoms with Crippen LogP contribution < -0.4 is 0 Å². The summed E-state index contributed by atoms with van der Waals surface area (Å²) in [6, 6.07) is 5.19. The second-order valence-electron chi connectivity index (χ2n) is 5.86. The van der Waals surface area contributed by atoms with Gasteiger partial charge in [0.05, 0.1) is 18.1 Å². The van der Waals surface area contributed by atoms with Gasteiger partial charge in [0.15, 0.2) is 0 Å². The number of rotatable bonds is 6. The van der Waals surface area contributed by atoms with Crippen LogP contribution >= 0.6 is 0 Å². The third kappa shape index (κ3) is 5.21. The molecular weight excluding hydrogens is 323 g/mol. The predicted octanol–water partition coefficient (Wildman–Crippen LogP) is 2.64. The van der Waals surface area contributed by atoms with Crippen molar-refractivity contribution in [2.75, 3.05) is 26.3 Å². The average molecular weight is 345 g/mol. The summed E-state index contributed by atoms with van der Waals surface area (Å²) >= 11 is 0. The van der Waals surface area contributed by atoms with E-state index in [1.807, 2.05) is 0 Å². The Bertz CT molecular complexity index is 540. The maximum absolute atomic E-state index is 13.0. The first-order valence-electron chi connectivity index (χ1n) is 8.07. The van der Waals surface area contributed by atoms with Gasteiger partial charge in [-0.3, -0.25) is 4.79 Å². The lowest BCUT2D eigenvalue weighted by Gasteiger charge is -2.32. The Labute approximate surface area is 139 Å². The van der Waals surface area contributed by atoms with E-state index in [0.29, 0.717) is 39.0 Å². The molecule has 1 aliphatic rings. The molecule has 0 radical (unpaired) electrons. The summed E-state index contributed by atoms with van der Waals surface area (Å²) in [5, 5.41) is 8.72. The van der Waals surface area contributed by atoms with Crippen molar-refractivity contribution in [3.8, 4) is 0 Å². The van der Waals surface area contributed by atoms with Crippen LogP contribution in [0, 0.1) is 0 Å². The molecule has 0 atom stereocenters. The number of ether oxygens (including phenoxy) is 1. The van der Waals surface area contributed by atoms with E-state index in [-0.39, 0.29) is 30.6 Å². The number of carbonyl (C=O) groups is 1. The molecule has 1 aliphatic heterocycles. The van der Waals surface area contributed by atoms with Crippen LogP contribution in [-0.2, 0) is 22.1 Å². The number of alkyl halides is 3. The van der Waals surface area contributed by atoms with Crippen LogP contribution in [0.4, 0.5) is 13.2 Å². The topological polar surface area (TPSA) is 49.8 Å². The van der Waals surface area contributed by atoms with Crippen LogP contribution in [0.3, 0.4) is 0 Å².